The van der Waals surface area contributed by atoms with Crippen LogP contribution in [0.5, 0.6) is 0 Å². The zero-order valence-electron chi connectivity index (χ0n) is 19.6. The van der Waals surface area contributed by atoms with E-state index in [1.54, 1.807) is 17.5 Å². The van der Waals surface area contributed by atoms with Crippen molar-refractivity contribution in [3.8, 4) is 0 Å². The number of rotatable bonds is 5. The van der Waals surface area contributed by atoms with Crippen LogP contribution < -0.4 is 10.2 Å². The fourth-order valence-corrected chi connectivity index (χ4v) is 6.60. The van der Waals surface area contributed by atoms with Gasteiger partial charge in [-0.25, -0.2) is 4.98 Å². The number of aliphatic hydroxyl groups is 1. The summed E-state index contributed by atoms with van der Waals surface area (Å²) in [7, 11) is 0. The number of aromatic nitrogens is 1. The van der Waals surface area contributed by atoms with E-state index >= 15 is 0 Å². The molecule has 184 valence electrons. The van der Waals surface area contributed by atoms with Crippen molar-refractivity contribution in [2.75, 3.05) is 49.6 Å². The molecule has 7 nitrogen and oxygen atoms in total. The molecule has 1 aromatic carbocycles. The van der Waals surface area contributed by atoms with E-state index in [1.165, 1.54) is 4.88 Å². The highest BCUT2D eigenvalue weighted by molar-refractivity contribution is 7.10. The number of piperazine rings is 1. The normalized spacial score (nSPS) is 29.0. The van der Waals surface area contributed by atoms with E-state index in [-0.39, 0.29) is 17.4 Å². The van der Waals surface area contributed by atoms with E-state index in [2.05, 4.69) is 44.5 Å². The number of ether oxygens (including phenoxy) is 1. The number of anilines is 2. The van der Waals surface area contributed by atoms with Gasteiger partial charge in [0.15, 0.2) is 0 Å². The predicted molar refractivity (Wildman–Crippen MR) is 140 cm³/mol. The molecule has 3 aromatic rings. The molecule has 2 saturated heterocycles. The number of fused-ring (bicyclic) bond motifs is 1. The van der Waals surface area contributed by atoms with Gasteiger partial charge in [0, 0.05) is 54.5 Å². The summed E-state index contributed by atoms with van der Waals surface area (Å²) in [6, 6.07) is 10.1. The fourth-order valence-electron chi connectivity index (χ4n) is 5.40. The van der Waals surface area contributed by atoms with Crippen molar-refractivity contribution in [1.29, 1.82) is 0 Å². The van der Waals surface area contributed by atoms with Crippen molar-refractivity contribution in [2.45, 2.75) is 30.9 Å². The predicted octanol–water partition coefficient (Wildman–Crippen LogP) is 3.96. The van der Waals surface area contributed by atoms with Crippen LogP contribution in [-0.2, 0) is 9.53 Å². The average Bonchev–Trinajstić information content (AvgIpc) is 3.32. The zero-order valence-corrected chi connectivity index (χ0v) is 21.2. The van der Waals surface area contributed by atoms with Crippen molar-refractivity contribution >= 4 is 51.1 Å². The minimum Gasteiger partial charge on any atom is -0.389 e. The number of thiophene rings is 1. The molecule has 1 amide bonds. The van der Waals surface area contributed by atoms with Gasteiger partial charge in [0.05, 0.1) is 35.6 Å². The van der Waals surface area contributed by atoms with E-state index in [0.717, 1.165) is 49.1 Å². The van der Waals surface area contributed by atoms with Crippen LogP contribution >= 0.6 is 22.9 Å². The molecule has 6 rings (SSSR count). The molecule has 35 heavy (non-hydrogen) atoms. The Balaban J connectivity index is 1.15. The topological polar surface area (TPSA) is 77.9 Å². The number of carbonyl (C=O) groups excluding carboxylic acids is 1. The number of halogens is 1. The Kier molecular flexibility index (Phi) is 5.97. The molecule has 1 aliphatic carbocycles. The summed E-state index contributed by atoms with van der Waals surface area (Å²) < 4.78 is 5.52. The highest BCUT2D eigenvalue weighted by Gasteiger charge is 2.45. The van der Waals surface area contributed by atoms with Crippen molar-refractivity contribution in [3.63, 3.8) is 0 Å². The quantitative estimate of drug-likeness (QED) is 0.539. The smallest absolute Gasteiger partial charge is 0.229 e. The van der Waals surface area contributed by atoms with Crippen molar-refractivity contribution in [3.05, 3.63) is 51.8 Å². The summed E-state index contributed by atoms with van der Waals surface area (Å²) in [6.45, 7) is 6.32. The SMILES string of the molecule is C[C@@]1(N2CCN(c3cc4cc(NC(=O)C5CC5c5cccs5)ncc4cc3Cl)CC2)COC[C@@H]1O. The molecule has 4 atom stereocenters. The Morgan fingerprint density at radius 3 is 2.80 bits per heavy atom. The lowest BCUT2D eigenvalue weighted by Gasteiger charge is -2.45. The lowest BCUT2D eigenvalue weighted by molar-refractivity contribution is -0.117. The van der Waals surface area contributed by atoms with E-state index < -0.39 is 6.10 Å². The second kappa shape index (κ2) is 9.01. The molecule has 2 N–H and O–H groups in total. The van der Waals surface area contributed by atoms with Gasteiger partial charge < -0.3 is 20.1 Å². The molecule has 0 spiro atoms. The van der Waals surface area contributed by atoms with Crippen LogP contribution in [0, 0.1) is 5.92 Å². The largest absolute Gasteiger partial charge is 0.389 e. The monoisotopic (exact) mass is 512 g/mol. The summed E-state index contributed by atoms with van der Waals surface area (Å²) >= 11 is 8.39. The minimum absolute atomic E-state index is 0.0221. The van der Waals surface area contributed by atoms with Crippen molar-refractivity contribution in [1.82, 2.24) is 9.88 Å². The van der Waals surface area contributed by atoms with Gasteiger partial charge in [0.1, 0.15) is 5.82 Å². The Labute approximate surface area is 213 Å². The number of carbonyl (C=O) groups is 1. The summed E-state index contributed by atoms with van der Waals surface area (Å²) in [6.07, 6.45) is 2.20. The van der Waals surface area contributed by atoms with Gasteiger partial charge in [-0.1, -0.05) is 17.7 Å². The first kappa shape index (κ1) is 23.2. The maximum atomic E-state index is 12.8. The van der Waals surface area contributed by atoms with Gasteiger partial charge in [-0.3, -0.25) is 9.69 Å². The Morgan fingerprint density at radius 1 is 1.26 bits per heavy atom. The van der Waals surface area contributed by atoms with Gasteiger partial charge in [0.25, 0.3) is 0 Å². The van der Waals surface area contributed by atoms with Gasteiger partial charge in [0.2, 0.25) is 5.91 Å². The maximum absolute atomic E-state index is 12.8. The number of aliphatic hydroxyl groups excluding tert-OH is 1. The lowest BCUT2D eigenvalue weighted by atomic mass is 9.95. The second-order valence-electron chi connectivity index (χ2n) is 10.0. The zero-order chi connectivity index (χ0) is 24.2. The van der Waals surface area contributed by atoms with Crippen LogP contribution in [0.15, 0.2) is 41.9 Å². The summed E-state index contributed by atoms with van der Waals surface area (Å²) in [5.74, 6) is 0.959. The third-order valence-corrected chi connectivity index (χ3v) is 9.11. The molecule has 0 radical (unpaired) electrons. The number of hydrogen-bond donors (Lipinski definition) is 2. The number of nitrogens with zero attached hydrogens (tertiary/aromatic N) is 3. The molecule has 9 heteroatoms. The molecule has 2 aromatic heterocycles. The highest BCUT2D eigenvalue weighted by Crippen LogP contribution is 2.49. The summed E-state index contributed by atoms with van der Waals surface area (Å²) in [4.78, 5) is 23.1. The van der Waals surface area contributed by atoms with Crippen molar-refractivity contribution in [2.24, 2.45) is 5.92 Å². The van der Waals surface area contributed by atoms with Gasteiger partial charge >= 0.3 is 0 Å². The third kappa shape index (κ3) is 4.32. The van der Waals surface area contributed by atoms with E-state index in [1.807, 2.05) is 18.2 Å². The van der Waals surface area contributed by atoms with E-state index in [9.17, 15) is 9.90 Å². The Bertz CT molecular complexity index is 1250. The molecule has 4 heterocycles. The van der Waals surface area contributed by atoms with Crippen LogP contribution in [0.25, 0.3) is 10.8 Å². The number of hydrogen-bond acceptors (Lipinski definition) is 7. The molecular formula is C26H29ClN4O3S. The molecule has 0 bridgehead atoms. The number of benzene rings is 1. The Morgan fingerprint density at radius 2 is 2.09 bits per heavy atom. The summed E-state index contributed by atoms with van der Waals surface area (Å²) in [5.41, 5.74) is 0.651. The second-order valence-corrected chi connectivity index (χ2v) is 11.4. The van der Waals surface area contributed by atoms with E-state index in [0.29, 0.717) is 30.0 Å². The van der Waals surface area contributed by atoms with Crippen molar-refractivity contribution < 1.29 is 14.6 Å². The fraction of sp³-hybridized carbons (Fsp3) is 0.462. The first-order valence-electron chi connectivity index (χ1n) is 12.1. The van der Waals surface area contributed by atoms with Crippen LogP contribution in [0.1, 0.15) is 24.1 Å². The van der Waals surface area contributed by atoms with Crippen LogP contribution in [0.2, 0.25) is 5.02 Å². The molecular weight excluding hydrogens is 484 g/mol. The first-order chi connectivity index (χ1) is 16.9. The van der Waals surface area contributed by atoms with Gasteiger partial charge in [-0.15, -0.1) is 11.3 Å². The van der Waals surface area contributed by atoms with E-state index in [4.69, 9.17) is 16.3 Å². The Hall–Kier alpha value is -2.23. The number of nitrogens with one attached hydrogen (secondary N) is 1. The van der Waals surface area contributed by atoms with Crippen LogP contribution in [-0.4, -0.2) is 71.9 Å². The first-order valence-corrected chi connectivity index (χ1v) is 13.4. The van der Waals surface area contributed by atoms with Gasteiger partial charge in [-0.05, 0) is 48.4 Å². The molecule has 2 unspecified atom stereocenters. The number of amides is 1. The lowest BCUT2D eigenvalue weighted by Crippen LogP contribution is -2.60. The van der Waals surface area contributed by atoms with Gasteiger partial charge in [-0.2, -0.15) is 0 Å². The average molecular weight is 513 g/mol. The molecule has 1 saturated carbocycles. The third-order valence-electron chi connectivity index (χ3n) is 7.81. The number of pyridine rings is 1. The highest BCUT2D eigenvalue weighted by atomic mass is 35.5. The minimum atomic E-state index is -0.462. The molecule has 3 aliphatic rings. The molecule has 2 aliphatic heterocycles. The maximum Gasteiger partial charge on any atom is 0.229 e. The standard InChI is InChI=1S/C26H29ClN4O3S/c1-26(15-34-14-23(26)32)31-6-4-30(5-7-31)21-10-16-11-24(28-13-17(16)9-20(21)27)29-25(33)19-12-18(19)22-3-2-8-35-22/h2-3,8-11,13,18-19,23,32H,4-7,12,14-15H2,1H3,(H,28,29,33)/t18?,19?,23-,26+/m0/s1. The van der Waals surface area contributed by atoms with Crippen LogP contribution in [0.4, 0.5) is 11.5 Å². The summed E-state index contributed by atoms with van der Waals surface area (Å²) in [5, 5.41) is 18.1. The molecule has 3 fully saturated rings. The van der Waals surface area contributed by atoms with Crippen LogP contribution in [0.3, 0.4) is 0 Å².